The fraction of sp³-hybridized carbons (Fsp3) is 0.643. The summed E-state index contributed by atoms with van der Waals surface area (Å²) in [6.45, 7) is 10.1. The summed E-state index contributed by atoms with van der Waals surface area (Å²) in [5, 5.41) is 9.13. The van der Waals surface area contributed by atoms with Crippen LogP contribution in [0, 0.1) is 5.92 Å². The molecule has 110 valence electrons. The van der Waals surface area contributed by atoms with Gasteiger partial charge >= 0.3 is 5.97 Å². The molecular formula is C14H22N4O2. The highest BCUT2D eigenvalue weighted by atomic mass is 16.4. The van der Waals surface area contributed by atoms with Gasteiger partial charge in [0.05, 0.1) is 5.69 Å². The second kappa shape index (κ2) is 6.76. The van der Waals surface area contributed by atoms with Crippen LogP contribution in [0.2, 0.25) is 0 Å². The molecule has 0 unspecified atom stereocenters. The smallest absolute Gasteiger partial charge is 0.339 e. The van der Waals surface area contributed by atoms with Crippen molar-refractivity contribution in [2.24, 2.45) is 5.92 Å². The van der Waals surface area contributed by atoms with Gasteiger partial charge in [-0.15, -0.1) is 0 Å². The van der Waals surface area contributed by atoms with Crippen molar-refractivity contribution in [1.29, 1.82) is 0 Å². The summed E-state index contributed by atoms with van der Waals surface area (Å²) in [5.74, 6) is -0.277. The molecule has 0 radical (unpaired) electrons. The number of piperazine rings is 1. The van der Waals surface area contributed by atoms with E-state index in [1.165, 1.54) is 12.5 Å². The normalized spacial score (nSPS) is 17.6. The van der Waals surface area contributed by atoms with Crippen molar-refractivity contribution >= 4 is 5.97 Å². The molecule has 0 saturated carbocycles. The molecule has 1 aliphatic heterocycles. The van der Waals surface area contributed by atoms with Gasteiger partial charge in [-0.2, -0.15) is 0 Å². The maximum atomic E-state index is 11.1. The summed E-state index contributed by atoms with van der Waals surface area (Å²) in [5.41, 5.74) is 0.807. The maximum Gasteiger partial charge on any atom is 0.339 e. The van der Waals surface area contributed by atoms with Gasteiger partial charge in [0.2, 0.25) is 0 Å². The van der Waals surface area contributed by atoms with Crippen LogP contribution in [0.5, 0.6) is 0 Å². The van der Waals surface area contributed by atoms with Gasteiger partial charge in [-0.05, 0) is 5.92 Å². The maximum absolute atomic E-state index is 11.1. The SMILES string of the molecule is CC(C)CN1CCN(Cc2ncncc2C(=O)O)CC1. The topological polar surface area (TPSA) is 69.6 Å². The number of nitrogens with zero attached hydrogens (tertiary/aromatic N) is 4. The number of carboxylic acids is 1. The van der Waals surface area contributed by atoms with Gasteiger partial charge in [0, 0.05) is 45.5 Å². The van der Waals surface area contributed by atoms with Gasteiger partial charge in [0.15, 0.2) is 0 Å². The number of carbonyl (C=O) groups is 1. The third-order valence-corrected chi connectivity index (χ3v) is 3.49. The Balaban J connectivity index is 1.91. The predicted molar refractivity (Wildman–Crippen MR) is 75.5 cm³/mol. The molecule has 6 heteroatoms. The minimum absolute atomic E-state index is 0.206. The monoisotopic (exact) mass is 278 g/mol. The van der Waals surface area contributed by atoms with Gasteiger partial charge in [0.25, 0.3) is 0 Å². The molecule has 6 nitrogen and oxygen atoms in total. The van der Waals surface area contributed by atoms with Gasteiger partial charge in [0.1, 0.15) is 11.9 Å². The number of rotatable bonds is 5. The van der Waals surface area contributed by atoms with E-state index in [0.717, 1.165) is 32.7 Å². The molecular weight excluding hydrogens is 256 g/mol. The van der Waals surface area contributed by atoms with E-state index in [1.807, 2.05) is 0 Å². The van der Waals surface area contributed by atoms with E-state index >= 15 is 0 Å². The largest absolute Gasteiger partial charge is 0.478 e. The standard InChI is InChI=1S/C14H22N4O2/c1-11(2)8-17-3-5-18(6-4-17)9-13-12(14(19)20)7-15-10-16-13/h7,10-11H,3-6,8-9H2,1-2H3,(H,19,20). The number of aromatic nitrogens is 2. The first-order chi connectivity index (χ1) is 9.56. The van der Waals surface area contributed by atoms with Crippen molar-refractivity contribution in [2.45, 2.75) is 20.4 Å². The van der Waals surface area contributed by atoms with Gasteiger partial charge in [-0.1, -0.05) is 13.8 Å². The Morgan fingerprint density at radius 2 is 1.95 bits per heavy atom. The lowest BCUT2D eigenvalue weighted by Gasteiger charge is -2.35. The second-order valence-electron chi connectivity index (χ2n) is 5.66. The average molecular weight is 278 g/mol. The molecule has 0 aliphatic carbocycles. The second-order valence-corrected chi connectivity index (χ2v) is 5.66. The summed E-state index contributed by atoms with van der Waals surface area (Å²) in [7, 11) is 0. The van der Waals surface area contributed by atoms with Crippen molar-refractivity contribution in [1.82, 2.24) is 19.8 Å². The van der Waals surface area contributed by atoms with E-state index in [1.54, 1.807) is 0 Å². The minimum Gasteiger partial charge on any atom is -0.478 e. The summed E-state index contributed by atoms with van der Waals surface area (Å²) in [6.07, 6.45) is 2.79. The van der Waals surface area contributed by atoms with Crippen LogP contribution in [0.3, 0.4) is 0 Å². The fourth-order valence-corrected chi connectivity index (χ4v) is 2.52. The lowest BCUT2D eigenvalue weighted by Crippen LogP contribution is -2.47. The lowest BCUT2D eigenvalue weighted by molar-refractivity contribution is 0.0690. The molecule has 0 amide bonds. The first-order valence-corrected chi connectivity index (χ1v) is 7.03. The summed E-state index contributed by atoms with van der Waals surface area (Å²) in [4.78, 5) is 23.7. The third-order valence-electron chi connectivity index (χ3n) is 3.49. The quantitative estimate of drug-likeness (QED) is 0.864. The molecule has 1 fully saturated rings. The molecule has 0 spiro atoms. The van der Waals surface area contributed by atoms with Crippen LogP contribution >= 0.6 is 0 Å². The van der Waals surface area contributed by atoms with Gasteiger partial charge in [-0.3, -0.25) is 4.90 Å². The van der Waals surface area contributed by atoms with Crippen molar-refractivity contribution in [2.75, 3.05) is 32.7 Å². The van der Waals surface area contributed by atoms with E-state index in [2.05, 4.69) is 33.6 Å². The Labute approximate surface area is 119 Å². The molecule has 2 rings (SSSR count). The van der Waals surface area contributed by atoms with E-state index in [0.29, 0.717) is 18.2 Å². The molecule has 1 aromatic rings. The zero-order valence-corrected chi connectivity index (χ0v) is 12.1. The molecule has 2 heterocycles. The van der Waals surface area contributed by atoms with Crippen LogP contribution in [0.4, 0.5) is 0 Å². The molecule has 1 saturated heterocycles. The number of hydrogen-bond donors (Lipinski definition) is 1. The van der Waals surface area contributed by atoms with Crippen LogP contribution in [-0.4, -0.2) is 63.6 Å². The van der Waals surface area contributed by atoms with Crippen LogP contribution in [0.25, 0.3) is 0 Å². The molecule has 0 bridgehead atoms. The highest BCUT2D eigenvalue weighted by molar-refractivity contribution is 5.88. The van der Waals surface area contributed by atoms with E-state index < -0.39 is 5.97 Å². The summed E-state index contributed by atoms with van der Waals surface area (Å²) < 4.78 is 0. The van der Waals surface area contributed by atoms with Gasteiger partial charge in [-0.25, -0.2) is 14.8 Å². The van der Waals surface area contributed by atoms with Crippen molar-refractivity contribution in [3.05, 3.63) is 23.8 Å². The summed E-state index contributed by atoms with van der Waals surface area (Å²) in [6, 6.07) is 0. The van der Waals surface area contributed by atoms with Crippen LogP contribution in [-0.2, 0) is 6.54 Å². The summed E-state index contributed by atoms with van der Waals surface area (Å²) >= 11 is 0. The minimum atomic E-state index is -0.959. The Morgan fingerprint density at radius 1 is 1.30 bits per heavy atom. The Morgan fingerprint density at radius 3 is 2.55 bits per heavy atom. The molecule has 20 heavy (non-hydrogen) atoms. The molecule has 1 aromatic heterocycles. The number of aromatic carboxylic acids is 1. The van der Waals surface area contributed by atoms with E-state index in [9.17, 15) is 4.79 Å². The third kappa shape index (κ3) is 3.98. The van der Waals surface area contributed by atoms with Crippen molar-refractivity contribution in [3.8, 4) is 0 Å². The zero-order valence-electron chi connectivity index (χ0n) is 12.1. The highest BCUT2D eigenvalue weighted by Crippen LogP contribution is 2.11. The number of hydrogen-bond acceptors (Lipinski definition) is 5. The van der Waals surface area contributed by atoms with E-state index in [4.69, 9.17) is 5.11 Å². The van der Waals surface area contributed by atoms with Crippen LogP contribution in [0.15, 0.2) is 12.5 Å². The highest BCUT2D eigenvalue weighted by Gasteiger charge is 2.20. The fourth-order valence-electron chi connectivity index (χ4n) is 2.52. The zero-order chi connectivity index (χ0) is 14.5. The Bertz CT molecular complexity index is 456. The van der Waals surface area contributed by atoms with E-state index in [-0.39, 0.29) is 5.56 Å². The predicted octanol–water partition coefficient (Wildman–Crippen LogP) is 0.948. The van der Waals surface area contributed by atoms with Crippen molar-refractivity contribution < 1.29 is 9.90 Å². The van der Waals surface area contributed by atoms with Crippen molar-refractivity contribution in [3.63, 3.8) is 0 Å². The average Bonchev–Trinajstić information content (AvgIpc) is 2.41. The molecule has 1 aliphatic rings. The van der Waals surface area contributed by atoms with Gasteiger partial charge < -0.3 is 10.0 Å². The molecule has 0 atom stereocenters. The lowest BCUT2D eigenvalue weighted by atomic mass is 10.1. The molecule has 1 N–H and O–H groups in total. The first-order valence-electron chi connectivity index (χ1n) is 7.03. The Kier molecular flexibility index (Phi) is 5.03. The van der Waals surface area contributed by atoms with Crippen LogP contribution < -0.4 is 0 Å². The van der Waals surface area contributed by atoms with Crippen LogP contribution in [0.1, 0.15) is 29.9 Å². The molecule has 0 aromatic carbocycles. The first kappa shape index (κ1) is 14.9. The number of carboxylic acid groups (broad SMARTS) is 1. The Hall–Kier alpha value is -1.53.